The number of carbonyl (C=O) groups is 1. The molecule has 6 heteroatoms. The Labute approximate surface area is 159 Å². The Kier molecular flexibility index (Phi) is 5.95. The maximum absolute atomic E-state index is 13.0. The smallest absolute Gasteiger partial charge is 0.224 e. The third kappa shape index (κ3) is 4.75. The minimum absolute atomic E-state index is 0.0731. The molecule has 1 fully saturated rings. The predicted molar refractivity (Wildman–Crippen MR) is 104 cm³/mol. The fraction of sp³-hybridized carbons (Fsp3) is 0.381. The Morgan fingerprint density at radius 2 is 1.81 bits per heavy atom. The summed E-state index contributed by atoms with van der Waals surface area (Å²) in [6.07, 6.45) is 3.52. The maximum atomic E-state index is 13.0. The van der Waals surface area contributed by atoms with Gasteiger partial charge in [0.15, 0.2) is 9.84 Å². The first-order valence-electron chi connectivity index (χ1n) is 9.25. The van der Waals surface area contributed by atoms with Crippen LogP contribution in [0.4, 0.5) is 10.1 Å². The van der Waals surface area contributed by atoms with E-state index in [0.717, 1.165) is 18.4 Å². The molecule has 0 heterocycles. The summed E-state index contributed by atoms with van der Waals surface area (Å²) in [6, 6.07) is 12.6. The molecule has 3 rings (SSSR count). The first kappa shape index (κ1) is 19.5. The van der Waals surface area contributed by atoms with Gasteiger partial charge in [-0.2, -0.15) is 0 Å². The minimum Gasteiger partial charge on any atom is -0.326 e. The molecule has 1 aliphatic rings. The lowest BCUT2D eigenvalue weighted by atomic mass is 9.97. The van der Waals surface area contributed by atoms with E-state index in [0.29, 0.717) is 18.5 Å². The molecule has 0 aromatic heterocycles. The van der Waals surface area contributed by atoms with E-state index in [2.05, 4.69) is 5.32 Å². The highest BCUT2D eigenvalue weighted by Gasteiger charge is 2.30. The van der Waals surface area contributed by atoms with E-state index in [1.54, 1.807) is 30.3 Å². The Balaban J connectivity index is 1.67. The van der Waals surface area contributed by atoms with Crippen LogP contribution in [0.15, 0.2) is 53.4 Å². The first-order valence-corrected chi connectivity index (χ1v) is 10.8. The zero-order valence-electron chi connectivity index (χ0n) is 15.3. The fourth-order valence-electron chi connectivity index (χ4n) is 3.54. The second-order valence-electron chi connectivity index (χ2n) is 7.18. The van der Waals surface area contributed by atoms with Crippen molar-refractivity contribution in [2.45, 2.75) is 55.1 Å². The molecule has 2 aromatic rings. The van der Waals surface area contributed by atoms with E-state index in [4.69, 9.17) is 0 Å². The predicted octanol–water partition coefficient (Wildman–Crippen LogP) is 4.67. The number of rotatable bonds is 6. The number of anilines is 1. The van der Waals surface area contributed by atoms with Gasteiger partial charge in [0.2, 0.25) is 5.91 Å². The van der Waals surface area contributed by atoms with E-state index in [1.807, 2.05) is 6.92 Å². The average molecular weight is 389 g/mol. The molecule has 2 aromatic carbocycles. The molecule has 0 radical (unpaired) electrons. The van der Waals surface area contributed by atoms with Gasteiger partial charge in [-0.1, -0.05) is 38.0 Å². The van der Waals surface area contributed by atoms with Crippen molar-refractivity contribution in [3.8, 4) is 0 Å². The number of hydrogen-bond acceptors (Lipinski definition) is 3. The summed E-state index contributed by atoms with van der Waals surface area (Å²) in [5.74, 6) is -0.589. The topological polar surface area (TPSA) is 63.2 Å². The van der Waals surface area contributed by atoms with Crippen LogP contribution in [-0.4, -0.2) is 19.6 Å². The Morgan fingerprint density at radius 1 is 1.15 bits per heavy atom. The number of nitrogens with one attached hydrogen (secondary N) is 1. The molecule has 27 heavy (non-hydrogen) atoms. The van der Waals surface area contributed by atoms with Gasteiger partial charge < -0.3 is 5.32 Å². The summed E-state index contributed by atoms with van der Waals surface area (Å²) in [5, 5.41) is 2.46. The molecule has 1 unspecified atom stereocenters. The normalized spacial score (nSPS) is 16.2. The van der Waals surface area contributed by atoms with Gasteiger partial charge in [-0.05, 0) is 54.7 Å². The van der Waals surface area contributed by atoms with E-state index in [1.165, 1.54) is 18.2 Å². The van der Waals surface area contributed by atoms with Crippen LogP contribution in [0.2, 0.25) is 0 Å². The lowest BCUT2D eigenvalue weighted by Gasteiger charge is -2.14. The van der Waals surface area contributed by atoms with Gasteiger partial charge in [-0.15, -0.1) is 0 Å². The maximum Gasteiger partial charge on any atom is 0.224 e. The van der Waals surface area contributed by atoms with Crippen molar-refractivity contribution in [3.05, 3.63) is 59.9 Å². The highest BCUT2D eigenvalue weighted by molar-refractivity contribution is 7.92. The van der Waals surface area contributed by atoms with Crippen molar-refractivity contribution in [2.24, 2.45) is 0 Å². The minimum atomic E-state index is -3.35. The summed E-state index contributed by atoms with van der Waals surface area (Å²) in [5.41, 5.74) is 1.36. The van der Waals surface area contributed by atoms with Gasteiger partial charge in [0.25, 0.3) is 0 Å². The van der Waals surface area contributed by atoms with Crippen LogP contribution in [-0.2, 0) is 14.6 Å². The number of carbonyl (C=O) groups excluding carboxylic acids is 1. The van der Waals surface area contributed by atoms with Gasteiger partial charge in [-0.3, -0.25) is 4.79 Å². The zero-order chi connectivity index (χ0) is 19.4. The molecule has 0 bridgehead atoms. The summed E-state index contributed by atoms with van der Waals surface area (Å²) in [7, 11) is -3.35. The van der Waals surface area contributed by atoms with Crippen LogP contribution in [0, 0.1) is 5.82 Å². The lowest BCUT2D eigenvalue weighted by Crippen LogP contribution is -2.18. The molecule has 1 saturated carbocycles. The largest absolute Gasteiger partial charge is 0.326 e. The van der Waals surface area contributed by atoms with Crippen molar-refractivity contribution < 1.29 is 17.6 Å². The molecule has 4 nitrogen and oxygen atoms in total. The van der Waals surface area contributed by atoms with Crippen molar-refractivity contribution in [1.29, 1.82) is 0 Å². The van der Waals surface area contributed by atoms with Crippen LogP contribution in [0.25, 0.3) is 0 Å². The number of hydrogen-bond donors (Lipinski definition) is 1. The van der Waals surface area contributed by atoms with E-state index >= 15 is 0 Å². The summed E-state index contributed by atoms with van der Waals surface area (Å²) >= 11 is 0. The third-order valence-corrected chi connectivity index (χ3v) is 7.38. The van der Waals surface area contributed by atoms with Gasteiger partial charge >= 0.3 is 0 Å². The molecule has 0 spiro atoms. The molecule has 1 amide bonds. The van der Waals surface area contributed by atoms with E-state index in [9.17, 15) is 17.6 Å². The van der Waals surface area contributed by atoms with Crippen LogP contribution >= 0.6 is 0 Å². The Bertz CT molecular complexity index is 903. The summed E-state index contributed by atoms with van der Waals surface area (Å²) in [4.78, 5) is 12.6. The molecule has 144 valence electrons. The van der Waals surface area contributed by atoms with E-state index in [-0.39, 0.29) is 34.2 Å². The quantitative estimate of drug-likeness (QED) is 0.781. The second kappa shape index (κ2) is 8.21. The van der Waals surface area contributed by atoms with Crippen molar-refractivity contribution >= 4 is 21.4 Å². The van der Waals surface area contributed by atoms with E-state index < -0.39 is 9.84 Å². The molecule has 1 N–H and O–H groups in total. The highest BCUT2D eigenvalue weighted by atomic mass is 32.2. The standard InChI is InChI=1S/C21H24FNO3S/c1-15(16-9-11-17(22)12-10-16)13-21(24)23-18-5-4-8-20(14-18)27(25,26)19-6-2-3-7-19/h4-5,8-12,14-15,19H,2-3,6-7,13H2,1H3,(H,23,24). The van der Waals surface area contributed by atoms with Crippen molar-refractivity contribution in [1.82, 2.24) is 0 Å². The summed E-state index contributed by atoms with van der Waals surface area (Å²) < 4.78 is 38.5. The summed E-state index contributed by atoms with van der Waals surface area (Å²) in [6.45, 7) is 1.90. The Morgan fingerprint density at radius 3 is 2.48 bits per heavy atom. The number of halogens is 1. The second-order valence-corrected chi connectivity index (χ2v) is 9.41. The van der Waals surface area contributed by atoms with Gasteiger partial charge in [0.1, 0.15) is 5.82 Å². The third-order valence-electron chi connectivity index (χ3n) is 5.12. The number of sulfone groups is 1. The number of amides is 1. The number of benzene rings is 2. The van der Waals surface area contributed by atoms with Crippen molar-refractivity contribution in [3.63, 3.8) is 0 Å². The van der Waals surface area contributed by atoms with Crippen LogP contribution in [0.1, 0.15) is 50.5 Å². The zero-order valence-corrected chi connectivity index (χ0v) is 16.1. The van der Waals surface area contributed by atoms with Crippen LogP contribution < -0.4 is 5.32 Å². The molecule has 0 saturated heterocycles. The van der Waals surface area contributed by atoms with Gasteiger partial charge in [-0.25, -0.2) is 12.8 Å². The molecule has 1 aliphatic carbocycles. The van der Waals surface area contributed by atoms with Crippen molar-refractivity contribution in [2.75, 3.05) is 5.32 Å². The molecular weight excluding hydrogens is 365 g/mol. The fourth-order valence-corrected chi connectivity index (χ4v) is 5.44. The lowest BCUT2D eigenvalue weighted by molar-refractivity contribution is -0.116. The molecule has 0 aliphatic heterocycles. The average Bonchev–Trinajstić information content (AvgIpc) is 3.18. The Hall–Kier alpha value is -2.21. The van der Waals surface area contributed by atoms with Gasteiger partial charge in [0.05, 0.1) is 10.1 Å². The molecule has 1 atom stereocenters. The van der Waals surface area contributed by atoms with Crippen LogP contribution in [0.5, 0.6) is 0 Å². The monoisotopic (exact) mass is 389 g/mol. The SMILES string of the molecule is CC(CC(=O)Nc1cccc(S(=O)(=O)C2CCCC2)c1)c1ccc(F)cc1. The first-order chi connectivity index (χ1) is 12.9. The van der Waals surface area contributed by atoms with Gasteiger partial charge in [0, 0.05) is 12.1 Å². The van der Waals surface area contributed by atoms with Crippen LogP contribution in [0.3, 0.4) is 0 Å². The highest BCUT2D eigenvalue weighted by Crippen LogP contribution is 2.30. The molecular formula is C21H24FNO3S.